The summed E-state index contributed by atoms with van der Waals surface area (Å²) in [5, 5.41) is 8.27. The number of likely N-dealkylation sites (tertiary alicyclic amines) is 1. The van der Waals surface area contributed by atoms with Crippen molar-refractivity contribution >= 4 is 73.7 Å². The van der Waals surface area contributed by atoms with E-state index in [1.54, 1.807) is 17.0 Å². The molecule has 0 N–H and O–H groups in total. The number of carbonyl (C=O) groups is 1. The standard InChI is InChI=1S/C25H19BrCl3F3N4O3S/c26-13-5-15(25(30,31)32)23(33-9-13)38-10-21(37)36-3-1-12(2-4-36)24-34-19(11-40-24)18-8-20(39-35-18)22-16(28)6-14(27)7-17(22)29/h5-7,9,11-12,20H,1-4,8,10H2. The number of hydrogen-bond donors (Lipinski definition) is 0. The summed E-state index contributed by atoms with van der Waals surface area (Å²) in [6.07, 6.45) is -2.16. The molecular weight excluding hydrogens is 680 g/mol. The average molecular weight is 699 g/mol. The van der Waals surface area contributed by atoms with Crippen molar-refractivity contribution in [1.82, 2.24) is 14.9 Å². The zero-order valence-electron chi connectivity index (χ0n) is 20.4. The van der Waals surface area contributed by atoms with Crippen LogP contribution in [0, 0.1) is 0 Å². The van der Waals surface area contributed by atoms with Gasteiger partial charge in [-0.1, -0.05) is 40.0 Å². The monoisotopic (exact) mass is 696 g/mol. The molecular formula is C25H19BrCl3F3N4O3S. The highest BCUT2D eigenvalue weighted by Gasteiger charge is 2.36. The van der Waals surface area contributed by atoms with Gasteiger partial charge in [0.1, 0.15) is 11.3 Å². The molecule has 4 heterocycles. The van der Waals surface area contributed by atoms with Crippen LogP contribution >= 0.6 is 62.1 Å². The molecule has 1 saturated heterocycles. The number of amides is 1. The van der Waals surface area contributed by atoms with Crippen LogP contribution in [0.3, 0.4) is 0 Å². The molecule has 5 rings (SSSR count). The minimum absolute atomic E-state index is 0.132. The number of carbonyl (C=O) groups excluding carboxylic acids is 1. The van der Waals surface area contributed by atoms with Crippen molar-refractivity contribution in [3.05, 3.63) is 71.1 Å². The number of piperidine rings is 1. The Balaban J connectivity index is 1.15. The molecule has 1 atom stereocenters. The van der Waals surface area contributed by atoms with E-state index in [1.165, 1.54) is 17.5 Å². The summed E-state index contributed by atoms with van der Waals surface area (Å²) in [6.45, 7) is 0.329. The summed E-state index contributed by atoms with van der Waals surface area (Å²) in [5.41, 5.74) is 0.960. The van der Waals surface area contributed by atoms with Crippen LogP contribution in [0.5, 0.6) is 5.88 Å². The van der Waals surface area contributed by atoms with E-state index in [0.717, 1.165) is 11.1 Å². The maximum Gasteiger partial charge on any atom is 0.421 e. The Morgan fingerprint density at radius 2 is 1.88 bits per heavy atom. The Kier molecular flexibility index (Phi) is 8.82. The molecule has 0 saturated carbocycles. The lowest BCUT2D eigenvalue weighted by Crippen LogP contribution is -2.40. The van der Waals surface area contributed by atoms with Crippen molar-refractivity contribution in [2.75, 3.05) is 19.7 Å². The highest BCUT2D eigenvalue weighted by molar-refractivity contribution is 9.10. The highest BCUT2D eigenvalue weighted by atomic mass is 79.9. The summed E-state index contributed by atoms with van der Waals surface area (Å²) < 4.78 is 45.2. The van der Waals surface area contributed by atoms with Gasteiger partial charge in [0.2, 0.25) is 5.88 Å². The number of hydrogen-bond acceptors (Lipinski definition) is 7. The van der Waals surface area contributed by atoms with Crippen molar-refractivity contribution in [2.45, 2.75) is 37.5 Å². The lowest BCUT2D eigenvalue weighted by atomic mass is 9.97. The van der Waals surface area contributed by atoms with Gasteiger partial charge in [0, 0.05) is 52.1 Å². The fourth-order valence-electron chi connectivity index (χ4n) is 4.49. The molecule has 7 nitrogen and oxygen atoms in total. The summed E-state index contributed by atoms with van der Waals surface area (Å²) >= 11 is 23.1. The fraction of sp³-hybridized carbons (Fsp3) is 0.360. The summed E-state index contributed by atoms with van der Waals surface area (Å²) in [7, 11) is 0. The maximum atomic E-state index is 13.3. The predicted octanol–water partition coefficient (Wildman–Crippen LogP) is 7.93. The lowest BCUT2D eigenvalue weighted by Gasteiger charge is -2.31. The second kappa shape index (κ2) is 12.0. The average Bonchev–Trinajstić information content (AvgIpc) is 3.57. The second-order valence-corrected chi connectivity index (χ2v) is 12.2. The first kappa shape index (κ1) is 29.4. The zero-order valence-corrected chi connectivity index (χ0v) is 25.0. The minimum Gasteiger partial charge on any atom is -0.467 e. The van der Waals surface area contributed by atoms with E-state index in [2.05, 4.69) is 26.1 Å². The van der Waals surface area contributed by atoms with Gasteiger partial charge in [-0.2, -0.15) is 13.2 Å². The minimum atomic E-state index is -4.66. The van der Waals surface area contributed by atoms with Gasteiger partial charge in [-0.25, -0.2) is 9.97 Å². The third-order valence-electron chi connectivity index (χ3n) is 6.50. The van der Waals surface area contributed by atoms with Gasteiger partial charge in [0.05, 0.1) is 20.7 Å². The van der Waals surface area contributed by atoms with Crippen LogP contribution in [0.4, 0.5) is 13.2 Å². The van der Waals surface area contributed by atoms with Crippen molar-refractivity contribution in [1.29, 1.82) is 0 Å². The molecule has 15 heteroatoms. The quantitative estimate of drug-likeness (QED) is 0.262. The first-order chi connectivity index (χ1) is 19.0. The zero-order chi connectivity index (χ0) is 28.6. The van der Waals surface area contributed by atoms with Gasteiger partial charge >= 0.3 is 6.18 Å². The molecule has 0 aliphatic carbocycles. The number of nitrogens with zero attached hydrogens (tertiary/aromatic N) is 4. The predicted molar refractivity (Wildman–Crippen MR) is 150 cm³/mol. The summed E-state index contributed by atoms with van der Waals surface area (Å²) in [6, 6.07) is 4.08. The van der Waals surface area contributed by atoms with E-state index < -0.39 is 36.2 Å². The Hall–Kier alpha value is -2.12. The van der Waals surface area contributed by atoms with E-state index in [-0.39, 0.29) is 10.4 Å². The SMILES string of the molecule is O=C(COc1ncc(Br)cc1C(F)(F)F)N1CCC(c2nc(C3=NOC(c4c(Cl)cc(Cl)cc4Cl)C3)cs2)CC1. The molecule has 212 valence electrons. The number of benzene rings is 1. The van der Waals surface area contributed by atoms with Crippen LogP contribution in [0.2, 0.25) is 15.1 Å². The van der Waals surface area contributed by atoms with Gasteiger partial charge < -0.3 is 14.5 Å². The van der Waals surface area contributed by atoms with Gasteiger partial charge in [-0.3, -0.25) is 4.79 Å². The van der Waals surface area contributed by atoms with E-state index >= 15 is 0 Å². The highest BCUT2D eigenvalue weighted by Crippen LogP contribution is 2.41. The van der Waals surface area contributed by atoms with Crippen LogP contribution in [0.1, 0.15) is 53.1 Å². The molecule has 1 amide bonds. The molecule has 1 fully saturated rings. The molecule has 1 unspecified atom stereocenters. The Morgan fingerprint density at radius 3 is 2.55 bits per heavy atom. The molecule has 40 heavy (non-hydrogen) atoms. The van der Waals surface area contributed by atoms with Crippen molar-refractivity contribution in [3.8, 4) is 5.88 Å². The van der Waals surface area contributed by atoms with Gasteiger partial charge in [0.15, 0.2) is 12.7 Å². The molecule has 1 aromatic carbocycles. The van der Waals surface area contributed by atoms with Crippen molar-refractivity contribution in [2.24, 2.45) is 5.16 Å². The molecule has 0 bridgehead atoms. The van der Waals surface area contributed by atoms with Gasteiger partial charge in [-0.15, -0.1) is 11.3 Å². The number of oxime groups is 1. The van der Waals surface area contributed by atoms with Gasteiger partial charge in [0.25, 0.3) is 5.91 Å². The van der Waals surface area contributed by atoms with Crippen molar-refractivity contribution in [3.63, 3.8) is 0 Å². The van der Waals surface area contributed by atoms with E-state index in [4.69, 9.17) is 49.4 Å². The Bertz CT molecular complexity index is 1440. The summed E-state index contributed by atoms with van der Waals surface area (Å²) in [4.78, 5) is 28.3. The van der Waals surface area contributed by atoms with Crippen LogP contribution in [0.25, 0.3) is 0 Å². The lowest BCUT2D eigenvalue weighted by molar-refractivity contribution is -0.141. The number of alkyl halides is 3. The van der Waals surface area contributed by atoms with E-state index in [1.807, 2.05) is 5.38 Å². The first-order valence-electron chi connectivity index (χ1n) is 12.0. The van der Waals surface area contributed by atoms with E-state index in [9.17, 15) is 18.0 Å². The summed E-state index contributed by atoms with van der Waals surface area (Å²) in [5.74, 6) is -0.900. The molecule has 3 aromatic rings. The number of pyridine rings is 1. The molecule has 2 aliphatic heterocycles. The second-order valence-electron chi connectivity index (χ2n) is 9.14. The fourth-order valence-corrected chi connectivity index (χ4v) is 6.89. The third kappa shape index (κ3) is 6.51. The molecule has 2 aromatic heterocycles. The molecule has 0 radical (unpaired) electrons. The van der Waals surface area contributed by atoms with Crippen LogP contribution in [0.15, 0.2) is 39.4 Å². The normalized spacial score (nSPS) is 18.0. The smallest absolute Gasteiger partial charge is 0.421 e. The molecule has 2 aliphatic rings. The molecule has 0 spiro atoms. The number of ether oxygens (including phenoxy) is 1. The van der Waals surface area contributed by atoms with Gasteiger partial charge in [-0.05, 0) is 47.0 Å². The largest absolute Gasteiger partial charge is 0.467 e. The van der Waals surface area contributed by atoms with E-state index in [0.29, 0.717) is 64.4 Å². The van der Waals surface area contributed by atoms with Crippen LogP contribution < -0.4 is 4.74 Å². The topological polar surface area (TPSA) is 76.9 Å². The van der Waals surface area contributed by atoms with Crippen molar-refractivity contribution < 1.29 is 27.5 Å². The van der Waals surface area contributed by atoms with Crippen LogP contribution in [-0.2, 0) is 15.8 Å². The third-order valence-corrected chi connectivity index (χ3v) is 8.79. The number of halogens is 7. The Morgan fingerprint density at radius 1 is 1.18 bits per heavy atom. The number of rotatable bonds is 6. The number of aromatic nitrogens is 2. The number of thiazole rings is 1. The van der Waals surface area contributed by atoms with Crippen LogP contribution in [-0.4, -0.2) is 46.2 Å². The maximum absolute atomic E-state index is 13.3. The first-order valence-corrected chi connectivity index (χ1v) is 14.8. The Labute approximate surface area is 254 Å².